The smallest absolute Gasteiger partial charge is 0.206 e. The topological polar surface area (TPSA) is 53.9 Å². The first-order chi connectivity index (χ1) is 13.2. The summed E-state index contributed by atoms with van der Waals surface area (Å²) in [6, 6.07) is 12.0. The lowest BCUT2D eigenvalue weighted by Gasteiger charge is -2.47. The monoisotopic (exact) mass is 416 g/mol. The number of aliphatic imine (C=N–C) groups is 1. The van der Waals surface area contributed by atoms with Crippen LogP contribution in [-0.4, -0.2) is 27.8 Å². The summed E-state index contributed by atoms with van der Waals surface area (Å²) in [4.78, 5) is 4.97. The molecule has 0 aromatic heterocycles. The molecule has 2 aliphatic heterocycles. The van der Waals surface area contributed by atoms with Crippen molar-refractivity contribution in [2.75, 3.05) is 6.26 Å². The van der Waals surface area contributed by atoms with Crippen LogP contribution < -0.4 is 10.1 Å². The molecule has 6 heteroatoms. The molecule has 2 aliphatic rings. The van der Waals surface area contributed by atoms with Crippen molar-refractivity contribution in [1.29, 1.82) is 0 Å². The molecule has 4 rings (SSSR count). The third kappa shape index (κ3) is 3.58. The Balaban J connectivity index is 1.88. The molecule has 2 aromatic carbocycles. The van der Waals surface area contributed by atoms with Gasteiger partial charge < -0.3 is 15.2 Å². The summed E-state index contributed by atoms with van der Waals surface area (Å²) in [5.74, 6) is 0.770. The fourth-order valence-corrected chi connectivity index (χ4v) is 5.14. The number of halogens is 1. The second-order valence-electron chi connectivity index (χ2n) is 8.37. The van der Waals surface area contributed by atoms with Gasteiger partial charge in [0.1, 0.15) is 11.5 Å². The Labute approximate surface area is 175 Å². The largest absolute Gasteiger partial charge is 0.506 e. The zero-order valence-corrected chi connectivity index (χ0v) is 18.1. The van der Waals surface area contributed by atoms with Gasteiger partial charge in [-0.25, -0.2) is 4.99 Å². The van der Waals surface area contributed by atoms with Crippen LogP contribution >= 0.6 is 23.4 Å². The molecule has 2 unspecified atom stereocenters. The SMILES string of the molecule is CSC1=NC2(CC(c3cccc(C)c3)c3cc(Cl)c(O)cc3O2)CC(C)(C)N1. The minimum absolute atomic E-state index is 0.0303. The highest BCUT2D eigenvalue weighted by Crippen LogP contribution is 2.50. The molecule has 0 bridgehead atoms. The number of nitrogens with one attached hydrogen (secondary N) is 1. The lowest BCUT2D eigenvalue weighted by molar-refractivity contribution is 0.0134. The number of aromatic hydroxyl groups is 1. The normalized spacial score (nSPS) is 25.5. The molecule has 0 fully saturated rings. The summed E-state index contributed by atoms with van der Waals surface area (Å²) in [7, 11) is 0. The Morgan fingerprint density at radius 3 is 2.79 bits per heavy atom. The van der Waals surface area contributed by atoms with Gasteiger partial charge in [0.05, 0.1) is 5.02 Å². The molecular formula is C22H25ClN2O2S. The number of ether oxygens (including phenoxy) is 1. The number of aryl methyl sites for hydroxylation is 1. The second-order valence-corrected chi connectivity index (χ2v) is 9.57. The predicted molar refractivity (Wildman–Crippen MR) is 117 cm³/mol. The van der Waals surface area contributed by atoms with Crippen LogP contribution in [0, 0.1) is 6.92 Å². The zero-order chi connectivity index (χ0) is 20.1. The maximum absolute atomic E-state index is 10.2. The van der Waals surface area contributed by atoms with E-state index in [9.17, 15) is 5.11 Å². The average molecular weight is 417 g/mol. The molecule has 0 saturated heterocycles. The Bertz CT molecular complexity index is 960. The van der Waals surface area contributed by atoms with E-state index in [-0.39, 0.29) is 17.2 Å². The molecule has 148 valence electrons. The van der Waals surface area contributed by atoms with Crippen molar-refractivity contribution in [3.63, 3.8) is 0 Å². The number of fused-ring (bicyclic) bond motifs is 1. The summed E-state index contributed by atoms with van der Waals surface area (Å²) in [6.45, 7) is 6.43. The van der Waals surface area contributed by atoms with Crippen molar-refractivity contribution in [3.05, 3.63) is 58.1 Å². The molecule has 0 radical (unpaired) electrons. The van der Waals surface area contributed by atoms with E-state index in [2.05, 4.69) is 50.4 Å². The molecule has 2 aromatic rings. The van der Waals surface area contributed by atoms with E-state index in [4.69, 9.17) is 21.3 Å². The van der Waals surface area contributed by atoms with Crippen LogP contribution in [0.3, 0.4) is 0 Å². The van der Waals surface area contributed by atoms with E-state index in [0.717, 1.165) is 23.6 Å². The number of nitrogens with zero attached hydrogens (tertiary/aromatic N) is 1. The maximum Gasteiger partial charge on any atom is 0.206 e. The highest BCUT2D eigenvalue weighted by molar-refractivity contribution is 8.13. The van der Waals surface area contributed by atoms with E-state index < -0.39 is 5.72 Å². The molecule has 28 heavy (non-hydrogen) atoms. The maximum atomic E-state index is 10.2. The third-order valence-electron chi connectivity index (χ3n) is 5.38. The average Bonchev–Trinajstić information content (AvgIpc) is 2.61. The molecule has 0 saturated carbocycles. The van der Waals surface area contributed by atoms with Gasteiger partial charge in [-0.1, -0.05) is 53.2 Å². The quantitative estimate of drug-likeness (QED) is 0.648. The number of amidine groups is 1. The van der Waals surface area contributed by atoms with Crippen molar-refractivity contribution >= 4 is 28.5 Å². The molecular weight excluding hydrogens is 392 g/mol. The number of phenolic OH excluding ortho intramolecular Hbond substituents is 1. The minimum atomic E-state index is -0.686. The van der Waals surface area contributed by atoms with Crippen LogP contribution in [0.15, 0.2) is 41.4 Å². The van der Waals surface area contributed by atoms with Crippen molar-refractivity contribution in [2.45, 2.75) is 50.8 Å². The Morgan fingerprint density at radius 2 is 2.07 bits per heavy atom. The van der Waals surface area contributed by atoms with E-state index in [1.165, 1.54) is 11.1 Å². The molecule has 2 atom stereocenters. The lowest BCUT2D eigenvalue weighted by atomic mass is 9.77. The second kappa shape index (κ2) is 6.89. The molecule has 0 aliphatic carbocycles. The first-order valence-electron chi connectivity index (χ1n) is 9.40. The number of hydrogen-bond donors (Lipinski definition) is 2. The molecule has 2 N–H and O–H groups in total. The van der Waals surface area contributed by atoms with Gasteiger partial charge in [0.25, 0.3) is 0 Å². The summed E-state index contributed by atoms with van der Waals surface area (Å²) < 4.78 is 6.49. The molecule has 2 heterocycles. The van der Waals surface area contributed by atoms with Crippen LogP contribution in [0.2, 0.25) is 5.02 Å². The molecule has 1 spiro atoms. The standard InChI is InChI=1S/C22H25ClN2O2S/c1-13-6-5-7-14(8-13)16-11-22(12-21(2,3)24-20(25-22)28-4)27-19-10-18(26)17(23)9-15(16)19/h5-10,16,26H,11-12H2,1-4H3,(H,24,25). The van der Waals surface area contributed by atoms with Crippen molar-refractivity contribution in [1.82, 2.24) is 5.32 Å². The molecule has 4 nitrogen and oxygen atoms in total. The Hall–Kier alpha value is -1.85. The van der Waals surface area contributed by atoms with Gasteiger partial charge in [-0.2, -0.15) is 0 Å². The fourth-order valence-electron chi connectivity index (χ4n) is 4.33. The van der Waals surface area contributed by atoms with Crippen molar-refractivity contribution in [3.8, 4) is 11.5 Å². The van der Waals surface area contributed by atoms with Crippen LogP contribution in [0.4, 0.5) is 0 Å². The minimum Gasteiger partial charge on any atom is -0.506 e. The highest BCUT2D eigenvalue weighted by atomic mass is 35.5. The van der Waals surface area contributed by atoms with E-state index in [1.807, 2.05) is 12.3 Å². The van der Waals surface area contributed by atoms with E-state index in [1.54, 1.807) is 17.8 Å². The van der Waals surface area contributed by atoms with Crippen LogP contribution in [0.5, 0.6) is 11.5 Å². The van der Waals surface area contributed by atoms with Crippen LogP contribution in [0.1, 0.15) is 49.3 Å². The first kappa shape index (κ1) is 19.5. The van der Waals surface area contributed by atoms with Crippen LogP contribution in [0.25, 0.3) is 0 Å². The number of rotatable bonds is 1. The number of phenols is 1. The van der Waals surface area contributed by atoms with Gasteiger partial charge in [-0.15, -0.1) is 0 Å². The van der Waals surface area contributed by atoms with Gasteiger partial charge in [0.15, 0.2) is 5.17 Å². The Morgan fingerprint density at radius 1 is 1.29 bits per heavy atom. The van der Waals surface area contributed by atoms with Crippen molar-refractivity contribution in [2.24, 2.45) is 4.99 Å². The van der Waals surface area contributed by atoms with E-state index in [0.29, 0.717) is 10.8 Å². The van der Waals surface area contributed by atoms with Gasteiger partial charge in [0, 0.05) is 35.9 Å². The van der Waals surface area contributed by atoms with Crippen molar-refractivity contribution < 1.29 is 9.84 Å². The van der Waals surface area contributed by atoms with Gasteiger partial charge in [-0.3, -0.25) is 0 Å². The summed E-state index contributed by atoms with van der Waals surface area (Å²) in [5.41, 5.74) is 2.58. The summed E-state index contributed by atoms with van der Waals surface area (Å²) in [5, 5.41) is 14.9. The summed E-state index contributed by atoms with van der Waals surface area (Å²) >= 11 is 7.84. The predicted octanol–water partition coefficient (Wildman–Crippen LogP) is 5.46. The van der Waals surface area contributed by atoms with Gasteiger partial charge >= 0.3 is 0 Å². The number of hydrogen-bond acceptors (Lipinski definition) is 5. The number of thioether (sulfide) groups is 1. The zero-order valence-electron chi connectivity index (χ0n) is 16.5. The van der Waals surface area contributed by atoms with Crippen LogP contribution in [-0.2, 0) is 0 Å². The number of benzene rings is 2. The first-order valence-corrected chi connectivity index (χ1v) is 11.0. The highest BCUT2D eigenvalue weighted by Gasteiger charge is 2.48. The lowest BCUT2D eigenvalue weighted by Crippen LogP contribution is -2.56. The Kier molecular flexibility index (Phi) is 4.79. The fraction of sp³-hybridized carbons (Fsp3) is 0.409. The molecule has 0 amide bonds. The van der Waals surface area contributed by atoms with Gasteiger partial charge in [-0.05, 0) is 38.7 Å². The van der Waals surface area contributed by atoms with E-state index >= 15 is 0 Å². The van der Waals surface area contributed by atoms with Gasteiger partial charge in [0.2, 0.25) is 5.72 Å². The summed E-state index contributed by atoms with van der Waals surface area (Å²) in [6.07, 6.45) is 3.47. The third-order valence-corrected chi connectivity index (χ3v) is 6.27.